The monoisotopic (exact) mass is 495 g/mol. The van der Waals surface area contributed by atoms with Crippen LogP contribution in [0.15, 0.2) is 90.0 Å². The van der Waals surface area contributed by atoms with Gasteiger partial charge in [0, 0.05) is 31.6 Å². The number of benzene rings is 3. The van der Waals surface area contributed by atoms with Gasteiger partial charge in [0.25, 0.3) is 5.56 Å². The van der Waals surface area contributed by atoms with E-state index in [2.05, 4.69) is 4.98 Å². The topological polar surface area (TPSA) is 63.4 Å². The van der Waals surface area contributed by atoms with Crippen molar-refractivity contribution in [1.29, 1.82) is 0 Å². The number of hydrogen-bond acceptors (Lipinski definition) is 4. The smallest absolute Gasteiger partial charge is 0.278 e. The molecule has 1 aliphatic rings. The molecular formula is C29H26FN5O2. The van der Waals surface area contributed by atoms with Crippen molar-refractivity contribution >= 4 is 33.5 Å². The molecule has 0 spiro atoms. The molecule has 37 heavy (non-hydrogen) atoms. The second-order valence-electron chi connectivity index (χ2n) is 9.28. The first kappa shape index (κ1) is 23.0. The second kappa shape index (κ2) is 9.54. The minimum atomic E-state index is -0.258. The van der Waals surface area contributed by atoms with Crippen LogP contribution in [0.3, 0.4) is 0 Å². The van der Waals surface area contributed by atoms with Gasteiger partial charge in [0.15, 0.2) is 0 Å². The molecule has 3 aromatic carbocycles. The summed E-state index contributed by atoms with van der Waals surface area (Å²) in [4.78, 5) is 35.5. The standard InChI is InChI=1S/C29H26FN5O2/c30-23-11-5-7-13-25(23)32-14-16-33(17-15-32)26(36)19-35-24-12-6-4-10-22(24)27-28(35)29(37)34(20-31-27)18-21-8-2-1-3-9-21/h1-13,20H,14-19H2. The fourth-order valence-electron chi connectivity index (χ4n) is 5.15. The Bertz CT molecular complexity index is 1650. The molecule has 6 rings (SSSR count). The molecule has 1 saturated heterocycles. The lowest BCUT2D eigenvalue weighted by Gasteiger charge is -2.36. The van der Waals surface area contributed by atoms with Crippen molar-refractivity contribution in [2.75, 3.05) is 31.1 Å². The number of nitrogens with zero attached hydrogens (tertiary/aromatic N) is 5. The van der Waals surface area contributed by atoms with Gasteiger partial charge >= 0.3 is 0 Å². The van der Waals surface area contributed by atoms with Crippen LogP contribution in [0.2, 0.25) is 0 Å². The lowest BCUT2D eigenvalue weighted by molar-refractivity contribution is -0.132. The highest BCUT2D eigenvalue weighted by Gasteiger charge is 2.25. The highest BCUT2D eigenvalue weighted by Crippen LogP contribution is 2.26. The summed E-state index contributed by atoms with van der Waals surface area (Å²) < 4.78 is 17.6. The van der Waals surface area contributed by atoms with Gasteiger partial charge in [0.2, 0.25) is 5.91 Å². The Balaban J connectivity index is 1.30. The van der Waals surface area contributed by atoms with E-state index in [4.69, 9.17) is 0 Å². The Labute approximate surface area is 213 Å². The summed E-state index contributed by atoms with van der Waals surface area (Å²) in [6, 6.07) is 24.1. The molecule has 0 bridgehead atoms. The molecule has 0 saturated carbocycles. The van der Waals surface area contributed by atoms with E-state index >= 15 is 0 Å². The highest BCUT2D eigenvalue weighted by molar-refractivity contribution is 6.06. The van der Waals surface area contributed by atoms with E-state index in [1.165, 1.54) is 6.07 Å². The minimum absolute atomic E-state index is 0.0377. The third-order valence-corrected chi connectivity index (χ3v) is 7.05. The average molecular weight is 496 g/mol. The Hall–Kier alpha value is -4.46. The normalized spacial score (nSPS) is 14.0. The van der Waals surface area contributed by atoms with Crippen molar-refractivity contribution in [2.45, 2.75) is 13.1 Å². The molecule has 0 radical (unpaired) electrons. The largest absolute Gasteiger partial charge is 0.366 e. The number of carbonyl (C=O) groups is 1. The van der Waals surface area contributed by atoms with Crippen LogP contribution in [0.4, 0.5) is 10.1 Å². The summed E-state index contributed by atoms with van der Waals surface area (Å²) in [6.45, 7) is 2.50. The summed E-state index contributed by atoms with van der Waals surface area (Å²) in [7, 11) is 0. The number of anilines is 1. The van der Waals surface area contributed by atoms with Gasteiger partial charge in [0.1, 0.15) is 23.4 Å². The van der Waals surface area contributed by atoms with Crippen molar-refractivity contribution in [3.05, 3.63) is 107 Å². The molecule has 0 N–H and O–H groups in total. The molecule has 5 aromatic rings. The zero-order valence-electron chi connectivity index (χ0n) is 20.3. The van der Waals surface area contributed by atoms with Crippen LogP contribution < -0.4 is 10.5 Å². The number of aromatic nitrogens is 3. The van der Waals surface area contributed by atoms with Gasteiger partial charge < -0.3 is 14.4 Å². The SMILES string of the molecule is O=C(Cn1c2ccccc2c2ncn(Cc3ccccc3)c(=O)c21)N1CCN(c2ccccc2F)CC1. The zero-order chi connectivity index (χ0) is 25.4. The predicted octanol–water partition coefficient (Wildman–Crippen LogP) is 3.89. The highest BCUT2D eigenvalue weighted by atomic mass is 19.1. The summed E-state index contributed by atoms with van der Waals surface area (Å²) in [6.07, 6.45) is 1.58. The Kier molecular flexibility index (Phi) is 5.92. The number of para-hydroxylation sites is 2. The van der Waals surface area contributed by atoms with Gasteiger partial charge in [-0.25, -0.2) is 9.37 Å². The van der Waals surface area contributed by atoms with E-state index in [1.807, 2.05) is 65.6 Å². The van der Waals surface area contributed by atoms with Crippen molar-refractivity contribution in [1.82, 2.24) is 19.0 Å². The van der Waals surface area contributed by atoms with E-state index in [-0.39, 0.29) is 23.8 Å². The molecule has 3 heterocycles. The van der Waals surface area contributed by atoms with E-state index in [9.17, 15) is 14.0 Å². The van der Waals surface area contributed by atoms with Gasteiger partial charge in [-0.15, -0.1) is 0 Å². The number of hydrogen-bond donors (Lipinski definition) is 0. The number of amides is 1. The molecular weight excluding hydrogens is 469 g/mol. The van der Waals surface area contributed by atoms with Crippen LogP contribution in [-0.4, -0.2) is 51.1 Å². The molecule has 1 fully saturated rings. The molecule has 7 nitrogen and oxygen atoms in total. The van der Waals surface area contributed by atoms with E-state index in [0.29, 0.717) is 49.4 Å². The Morgan fingerprint density at radius 1 is 0.865 bits per heavy atom. The fourth-order valence-corrected chi connectivity index (χ4v) is 5.15. The van der Waals surface area contributed by atoms with Gasteiger partial charge in [-0.1, -0.05) is 60.7 Å². The van der Waals surface area contributed by atoms with E-state index < -0.39 is 0 Å². The van der Waals surface area contributed by atoms with Crippen LogP contribution in [0, 0.1) is 5.82 Å². The maximum absolute atomic E-state index is 14.2. The molecule has 186 valence electrons. The molecule has 2 aromatic heterocycles. The van der Waals surface area contributed by atoms with Crippen LogP contribution in [0.25, 0.3) is 21.9 Å². The Morgan fingerprint density at radius 2 is 1.57 bits per heavy atom. The van der Waals surface area contributed by atoms with Crippen LogP contribution >= 0.6 is 0 Å². The number of piperazine rings is 1. The van der Waals surface area contributed by atoms with Crippen molar-refractivity contribution in [3.63, 3.8) is 0 Å². The minimum Gasteiger partial charge on any atom is -0.366 e. The Morgan fingerprint density at radius 3 is 2.35 bits per heavy atom. The molecule has 8 heteroatoms. The number of carbonyl (C=O) groups excluding carboxylic acids is 1. The third kappa shape index (κ3) is 4.24. The number of fused-ring (bicyclic) bond motifs is 3. The first-order valence-electron chi connectivity index (χ1n) is 12.4. The maximum atomic E-state index is 14.2. The predicted molar refractivity (Wildman–Crippen MR) is 142 cm³/mol. The average Bonchev–Trinajstić information content (AvgIpc) is 3.25. The number of halogens is 1. The van der Waals surface area contributed by atoms with Crippen molar-refractivity contribution < 1.29 is 9.18 Å². The van der Waals surface area contributed by atoms with Gasteiger partial charge in [-0.2, -0.15) is 0 Å². The summed E-state index contributed by atoms with van der Waals surface area (Å²) >= 11 is 0. The molecule has 1 aliphatic heterocycles. The second-order valence-corrected chi connectivity index (χ2v) is 9.28. The van der Waals surface area contributed by atoms with Gasteiger partial charge in [0.05, 0.1) is 24.1 Å². The van der Waals surface area contributed by atoms with E-state index in [0.717, 1.165) is 16.5 Å². The first-order valence-corrected chi connectivity index (χ1v) is 12.4. The summed E-state index contributed by atoms with van der Waals surface area (Å²) in [5, 5.41) is 0.846. The van der Waals surface area contributed by atoms with Crippen LogP contribution in [0.1, 0.15) is 5.56 Å². The zero-order valence-corrected chi connectivity index (χ0v) is 20.3. The summed E-state index contributed by atoms with van der Waals surface area (Å²) in [5.41, 5.74) is 3.21. The van der Waals surface area contributed by atoms with Crippen LogP contribution in [0.5, 0.6) is 0 Å². The molecule has 0 aliphatic carbocycles. The molecule has 0 unspecified atom stereocenters. The van der Waals surface area contributed by atoms with Crippen molar-refractivity contribution in [3.8, 4) is 0 Å². The summed E-state index contributed by atoms with van der Waals surface area (Å²) in [5.74, 6) is -0.333. The van der Waals surface area contributed by atoms with Gasteiger partial charge in [-0.05, 0) is 23.8 Å². The van der Waals surface area contributed by atoms with Crippen molar-refractivity contribution in [2.24, 2.45) is 0 Å². The number of rotatable bonds is 5. The molecule has 0 atom stereocenters. The first-order chi connectivity index (χ1) is 18.1. The van der Waals surface area contributed by atoms with Crippen LogP contribution in [-0.2, 0) is 17.9 Å². The quantitative estimate of drug-likeness (QED) is 0.371. The fraction of sp³-hybridized carbons (Fsp3) is 0.207. The molecule has 1 amide bonds. The maximum Gasteiger partial charge on any atom is 0.278 e. The third-order valence-electron chi connectivity index (χ3n) is 7.05. The van der Waals surface area contributed by atoms with E-state index in [1.54, 1.807) is 32.5 Å². The lowest BCUT2D eigenvalue weighted by atomic mass is 10.2. The van der Waals surface area contributed by atoms with Gasteiger partial charge in [-0.3, -0.25) is 14.2 Å². The lowest BCUT2D eigenvalue weighted by Crippen LogP contribution is -2.49.